The molecule has 7 heteroatoms. The number of carbonyl (C=O) groups excluding carboxylic acids is 1. The van der Waals surface area contributed by atoms with Gasteiger partial charge in [0.05, 0.1) is 22.8 Å². The van der Waals surface area contributed by atoms with E-state index in [2.05, 4.69) is 15.5 Å². The summed E-state index contributed by atoms with van der Waals surface area (Å²) in [5, 5.41) is 16.8. The molecular weight excluding hydrogens is 260 g/mol. The quantitative estimate of drug-likeness (QED) is 0.646. The fourth-order valence-corrected chi connectivity index (χ4v) is 2.77. The van der Waals surface area contributed by atoms with Crippen LogP contribution in [-0.4, -0.2) is 35.4 Å². The van der Waals surface area contributed by atoms with Crippen LogP contribution >= 0.6 is 0 Å². The predicted molar refractivity (Wildman–Crippen MR) is 74.7 cm³/mol. The number of non-ortho nitro benzene ring substituents is 1. The number of nitrogens with zero attached hydrogens (tertiary/aromatic N) is 2. The Morgan fingerprint density at radius 1 is 1.30 bits per heavy atom. The summed E-state index contributed by atoms with van der Waals surface area (Å²) >= 11 is 0. The minimum atomic E-state index is -0.422. The molecule has 20 heavy (non-hydrogen) atoms. The van der Waals surface area contributed by atoms with Gasteiger partial charge in [-0.15, -0.1) is 0 Å². The van der Waals surface area contributed by atoms with Gasteiger partial charge >= 0.3 is 0 Å². The lowest BCUT2D eigenvalue weighted by Gasteiger charge is -2.24. The lowest BCUT2D eigenvalue weighted by molar-refractivity contribution is -0.384. The largest absolute Gasteiger partial charge is 0.374 e. The SMILES string of the molecule is O=C1CNc2c(CN3CCCC3)cc([N+](=O)[O-])cc2N1. The van der Waals surface area contributed by atoms with Crippen LogP contribution in [0.25, 0.3) is 0 Å². The van der Waals surface area contributed by atoms with Crippen molar-refractivity contribution in [3.05, 3.63) is 27.8 Å². The highest BCUT2D eigenvalue weighted by Gasteiger charge is 2.23. The number of nitrogens with one attached hydrogen (secondary N) is 2. The molecule has 0 bridgehead atoms. The van der Waals surface area contributed by atoms with Gasteiger partial charge in [0.25, 0.3) is 5.69 Å². The van der Waals surface area contributed by atoms with Gasteiger partial charge in [-0.25, -0.2) is 0 Å². The zero-order valence-corrected chi connectivity index (χ0v) is 11.0. The fourth-order valence-electron chi connectivity index (χ4n) is 2.77. The Kier molecular flexibility index (Phi) is 3.27. The Balaban J connectivity index is 1.97. The molecule has 1 aromatic carbocycles. The second kappa shape index (κ2) is 5.09. The van der Waals surface area contributed by atoms with Crippen LogP contribution in [0, 0.1) is 10.1 Å². The van der Waals surface area contributed by atoms with Crippen LogP contribution < -0.4 is 10.6 Å². The molecule has 0 aromatic heterocycles. The molecule has 2 aliphatic rings. The van der Waals surface area contributed by atoms with Gasteiger partial charge in [-0.2, -0.15) is 0 Å². The van der Waals surface area contributed by atoms with Crippen LogP contribution in [-0.2, 0) is 11.3 Å². The number of hydrogen-bond donors (Lipinski definition) is 2. The molecule has 0 atom stereocenters. The maximum atomic E-state index is 11.4. The minimum absolute atomic E-state index is 0.0157. The monoisotopic (exact) mass is 276 g/mol. The Bertz CT molecular complexity index is 567. The highest BCUT2D eigenvalue weighted by atomic mass is 16.6. The van der Waals surface area contributed by atoms with Crippen LogP contribution in [0.5, 0.6) is 0 Å². The normalized spacial score (nSPS) is 18.3. The lowest BCUT2D eigenvalue weighted by Crippen LogP contribution is -2.29. The third kappa shape index (κ3) is 2.44. The van der Waals surface area contributed by atoms with Gasteiger partial charge in [0.2, 0.25) is 5.91 Å². The molecule has 1 fully saturated rings. The third-order valence-corrected chi connectivity index (χ3v) is 3.71. The first-order valence-corrected chi connectivity index (χ1v) is 6.71. The average Bonchev–Trinajstić information content (AvgIpc) is 2.90. The highest BCUT2D eigenvalue weighted by molar-refractivity contribution is 6.01. The molecule has 0 saturated carbocycles. The number of nitro groups is 1. The number of rotatable bonds is 3. The standard InChI is InChI=1S/C13H16N4O3/c18-12-7-14-13-9(8-16-3-1-2-4-16)5-10(17(19)20)6-11(13)15-12/h5-6,14H,1-4,7-8H2,(H,15,18). The van der Waals surface area contributed by atoms with Crippen molar-refractivity contribution in [1.29, 1.82) is 0 Å². The van der Waals surface area contributed by atoms with Crippen molar-refractivity contribution in [2.75, 3.05) is 30.3 Å². The molecule has 0 unspecified atom stereocenters. The van der Waals surface area contributed by atoms with Gasteiger partial charge in [0, 0.05) is 18.7 Å². The van der Waals surface area contributed by atoms with Crippen LogP contribution in [0.4, 0.5) is 17.1 Å². The first kappa shape index (κ1) is 12.9. The van der Waals surface area contributed by atoms with Crippen LogP contribution in [0.15, 0.2) is 12.1 Å². The molecule has 0 aliphatic carbocycles. The maximum Gasteiger partial charge on any atom is 0.271 e. The zero-order chi connectivity index (χ0) is 14.1. The first-order chi connectivity index (χ1) is 9.63. The second-order valence-corrected chi connectivity index (χ2v) is 5.17. The zero-order valence-electron chi connectivity index (χ0n) is 11.0. The van der Waals surface area contributed by atoms with Crippen LogP contribution in [0.1, 0.15) is 18.4 Å². The van der Waals surface area contributed by atoms with Crippen molar-refractivity contribution in [2.24, 2.45) is 0 Å². The lowest BCUT2D eigenvalue weighted by atomic mass is 10.1. The third-order valence-electron chi connectivity index (χ3n) is 3.71. The molecule has 1 aromatic rings. The Hall–Kier alpha value is -2.15. The Morgan fingerprint density at radius 3 is 2.75 bits per heavy atom. The first-order valence-electron chi connectivity index (χ1n) is 6.71. The number of carbonyl (C=O) groups is 1. The number of benzene rings is 1. The van der Waals surface area contributed by atoms with E-state index in [1.165, 1.54) is 18.9 Å². The number of amides is 1. The Labute approximate surface area is 116 Å². The average molecular weight is 276 g/mol. The molecule has 1 amide bonds. The van der Waals surface area contributed by atoms with Crippen molar-refractivity contribution in [1.82, 2.24) is 4.90 Å². The maximum absolute atomic E-state index is 11.4. The topological polar surface area (TPSA) is 87.5 Å². The van der Waals surface area contributed by atoms with E-state index in [0.29, 0.717) is 12.2 Å². The van der Waals surface area contributed by atoms with E-state index < -0.39 is 4.92 Å². The smallest absolute Gasteiger partial charge is 0.271 e. The van der Waals surface area contributed by atoms with Gasteiger partial charge in [0.1, 0.15) is 0 Å². The van der Waals surface area contributed by atoms with E-state index in [0.717, 1.165) is 24.3 Å². The Morgan fingerprint density at radius 2 is 2.05 bits per heavy atom. The summed E-state index contributed by atoms with van der Waals surface area (Å²) in [4.78, 5) is 24.3. The van der Waals surface area contributed by atoms with Crippen molar-refractivity contribution < 1.29 is 9.72 Å². The van der Waals surface area contributed by atoms with E-state index in [-0.39, 0.29) is 18.1 Å². The number of hydrogen-bond acceptors (Lipinski definition) is 5. The molecule has 0 spiro atoms. The van der Waals surface area contributed by atoms with E-state index in [1.807, 2.05) is 0 Å². The van der Waals surface area contributed by atoms with Crippen molar-refractivity contribution in [3.63, 3.8) is 0 Å². The van der Waals surface area contributed by atoms with E-state index >= 15 is 0 Å². The summed E-state index contributed by atoms with van der Waals surface area (Å²) in [5.41, 5.74) is 2.20. The second-order valence-electron chi connectivity index (χ2n) is 5.17. The summed E-state index contributed by atoms with van der Waals surface area (Å²) in [6.07, 6.45) is 2.34. The fraction of sp³-hybridized carbons (Fsp3) is 0.462. The van der Waals surface area contributed by atoms with E-state index in [9.17, 15) is 14.9 Å². The van der Waals surface area contributed by atoms with E-state index in [1.54, 1.807) is 6.07 Å². The van der Waals surface area contributed by atoms with Crippen molar-refractivity contribution in [2.45, 2.75) is 19.4 Å². The van der Waals surface area contributed by atoms with Gasteiger partial charge in [0.15, 0.2) is 0 Å². The molecule has 2 N–H and O–H groups in total. The minimum Gasteiger partial charge on any atom is -0.374 e. The van der Waals surface area contributed by atoms with Gasteiger partial charge in [-0.1, -0.05) is 0 Å². The number of nitro benzene ring substituents is 1. The van der Waals surface area contributed by atoms with E-state index in [4.69, 9.17) is 0 Å². The van der Waals surface area contributed by atoms with Crippen molar-refractivity contribution in [3.8, 4) is 0 Å². The molecule has 7 nitrogen and oxygen atoms in total. The van der Waals surface area contributed by atoms with Crippen molar-refractivity contribution >= 4 is 23.0 Å². The molecule has 0 radical (unpaired) electrons. The summed E-state index contributed by atoms with van der Waals surface area (Å²) in [6, 6.07) is 3.01. The summed E-state index contributed by atoms with van der Waals surface area (Å²) in [5.74, 6) is -0.176. The summed E-state index contributed by atoms with van der Waals surface area (Å²) in [7, 11) is 0. The summed E-state index contributed by atoms with van der Waals surface area (Å²) < 4.78 is 0. The number of likely N-dealkylation sites (tertiary alicyclic amines) is 1. The molecule has 106 valence electrons. The molecular formula is C13H16N4O3. The summed E-state index contributed by atoms with van der Waals surface area (Å²) in [6.45, 7) is 2.92. The highest BCUT2D eigenvalue weighted by Crippen LogP contribution is 2.34. The van der Waals surface area contributed by atoms with Gasteiger partial charge in [-0.3, -0.25) is 19.8 Å². The number of fused-ring (bicyclic) bond motifs is 1. The van der Waals surface area contributed by atoms with Gasteiger partial charge in [-0.05, 0) is 31.5 Å². The molecule has 2 aliphatic heterocycles. The van der Waals surface area contributed by atoms with Crippen LogP contribution in [0.3, 0.4) is 0 Å². The predicted octanol–water partition coefficient (Wildman–Crippen LogP) is 1.55. The number of anilines is 2. The molecule has 1 saturated heterocycles. The molecule has 2 heterocycles. The van der Waals surface area contributed by atoms with Gasteiger partial charge < -0.3 is 10.6 Å². The molecule has 3 rings (SSSR count). The van der Waals surface area contributed by atoms with Crippen LogP contribution in [0.2, 0.25) is 0 Å².